The molecule has 1 aliphatic rings. The Hall–Kier alpha value is -2.08. The molecule has 3 N–H and O–H groups in total. The van der Waals surface area contributed by atoms with E-state index >= 15 is 0 Å². The number of nitrogens with zero attached hydrogens (tertiary/aromatic N) is 1. The molecule has 0 spiro atoms. The minimum Gasteiger partial charge on any atom is -0.436 e. The number of piperidine rings is 1. The van der Waals surface area contributed by atoms with Crippen molar-refractivity contribution in [1.29, 1.82) is 0 Å². The number of nitrogens with two attached hydrogens (primary N) is 1. The van der Waals surface area contributed by atoms with Crippen molar-refractivity contribution in [2.45, 2.75) is 50.7 Å². The van der Waals surface area contributed by atoms with Crippen molar-refractivity contribution in [2.75, 3.05) is 13.2 Å². The summed E-state index contributed by atoms with van der Waals surface area (Å²) in [5.74, 6) is -0.0939. The molecule has 2 amide bonds. The summed E-state index contributed by atoms with van der Waals surface area (Å²) in [6.07, 6.45) is 1.07. The molecule has 2 rings (SSSR count). The Bertz CT molecular complexity index is 549. The fraction of sp³-hybridized carbons (Fsp3) is 0.556. The minimum atomic E-state index is -0.921. The molecule has 132 valence electrons. The van der Waals surface area contributed by atoms with Gasteiger partial charge in [-0.05, 0) is 31.7 Å². The molecule has 1 heterocycles. The Morgan fingerprint density at radius 2 is 2.00 bits per heavy atom. The van der Waals surface area contributed by atoms with Gasteiger partial charge in [-0.15, -0.1) is 0 Å². The number of carbonyl (C=O) groups excluding carboxylic acids is 2. The van der Waals surface area contributed by atoms with Crippen molar-refractivity contribution in [2.24, 2.45) is 5.73 Å². The smallest absolute Gasteiger partial charge is 0.405 e. The summed E-state index contributed by atoms with van der Waals surface area (Å²) in [6, 6.07) is 9.96. The first-order chi connectivity index (χ1) is 11.5. The highest BCUT2D eigenvalue weighted by molar-refractivity contribution is 5.84. The van der Waals surface area contributed by atoms with Gasteiger partial charge in [0.05, 0.1) is 0 Å². The van der Waals surface area contributed by atoms with Crippen LogP contribution in [0.5, 0.6) is 0 Å². The summed E-state index contributed by atoms with van der Waals surface area (Å²) in [4.78, 5) is 25.6. The van der Waals surface area contributed by atoms with E-state index < -0.39 is 12.2 Å². The largest absolute Gasteiger partial charge is 0.436 e. The van der Waals surface area contributed by atoms with Gasteiger partial charge >= 0.3 is 6.09 Å². The van der Waals surface area contributed by atoms with Gasteiger partial charge in [0.15, 0.2) is 6.10 Å². The van der Waals surface area contributed by atoms with Crippen molar-refractivity contribution in [3.63, 3.8) is 0 Å². The van der Waals surface area contributed by atoms with Crippen LogP contribution in [-0.2, 0) is 9.53 Å². The van der Waals surface area contributed by atoms with Gasteiger partial charge in [-0.1, -0.05) is 30.3 Å². The Kier molecular flexibility index (Phi) is 6.61. The molecule has 24 heavy (non-hydrogen) atoms. The molecule has 1 fully saturated rings. The fourth-order valence-corrected chi connectivity index (χ4v) is 3.37. The van der Waals surface area contributed by atoms with E-state index in [-0.39, 0.29) is 24.5 Å². The number of benzene rings is 1. The molecule has 1 saturated heterocycles. The molecule has 3 atom stereocenters. The van der Waals surface area contributed by atoms with E-state index in [4.69, 9.17) is 15.6 Å². The van der Waals surface area contributed by atoms with E-state index in [0.717, 1.165) is 24.8 Å². The lowest BCUT2D eigenvalue weighted by molar-refractivity contribution is -0.148. The second-order valence-corrected chi connectivity index (χ2v) is 6.23. The fourth-order valence-electron chi connectivity index (χ4n) is 3.37. The number of hydrogen-bond acceptors (Lipinski definition) is 4. The average Bonchev–Trinajstić information content (AvgIpc) is 2.57. The molecular weight excluding hydrogens is 308 g/mol. The third-order valence-corrected chi connectivity index (χ3v) is 4.64. The first kappa shape index (κ1) is 18.3. The second kappa shape index (κ2) is 8.68. The molecule has 6 heteroatoms. The predicted molar refractivity (Wildman–Crippen MR) is 90.4 cm³/mol. The van der Waals surface area contributed by atoms with E-state index in [9.17, 15) is 9.59 Å². The maximum atomic E-state index is 12.7. The highest BCUT2D eigenvalue weighted by atomic mass is 16.6. The first-order valence-corrected chi connectivity index (χ1v) is 8.47. The van der Waals surface area contributed by atoms with Crippen molar-refractivity contribution >= 4 is 12.0 Å². The lowest BCUT2D eigenvalue weighted by atomic mass is 9.82. The van der Waals surface area contributed by atoms with Gasteiger partial charge in [-0.2, -0.15) is 0 Å². The molecule has 0 aliphatic carbocycles. The minimum absolute atomic E-state index is 0.0155. The third kappa shape index (κ3) is 4.47. The summed E-state index contributed by atoms with van der Waals surface area (Å²) in [5.41, 5.74) is 6.25. The molecule has 1 aromatic rings. The van der Waals surface area contributed by atoms with Crippen LogP contribution >= 0.6 is 0 Å². The van der Waals surface area contributed by atoms with E-state index in [2.05, 4.69) is 0 Å². The van der Waals surface area contributed by atoms with Crippen molar-refractivity contribution in [3.05, 3.63) is 35.9 Å². The molecule has 0 bridgehead atoms. The van der Waals surface area contributed by atoms with E-state index in [1.165, 1.54) is 0 Å². The zero-order chi connectivity index (χ0) is 17.5. The quantitative estimate of drug-likeness (QED) is 0.746. The summed E-state index contributed by atoms with van der Waals surface area (Å²) < 4.78 is 5.07. The Balaban J connectivity index is 2.16. The van der Waals surface area contributed by atoms with Crippen molar-refractivity contribution in [3.8, 4) is 0 Å². The molecule has 0 saturated carbocycles. The van der Waals surface area contributed by atoms with Gasteiger partial charge in [0.25, 0.3) is 5.91 Å². The summed E-state index contributed by atoms with van der Waals surface area (Å²) in [6.45, 7) is 2.77. The van der Waals surface area contributed by atoms with Crippen LogP contribution in [-0.4, -0.2) is 47.3 Å². The summed E-state index contributed by atoms with van der Waals surface area (Å²) in [5, 5.41) is 8.89. The Labute approximate surface area is 142 Å². The SMILES string of the molecule is CC1C(c2ccccc2)CC(OC(N)=O)C(=O)N1CCCCCO. The lowest BCUT2D eigenvalue weighted by Crippen LogP contribution is -2.54. The molecular formula is C18H26N2O4. The van der Waals surface area contributed by atoms with E-state index in [1.807, 2.05) is 37.3 Å². The summed E-state index contributed by atoms with van der Waals surface area (Å²) in [7, 11) is 0. The number of amides is 2. The molecule has 1 aromatic carbocycles. The molecule has 0 radical (unpaired) electrons. The standard InChI is InChI=1S/C18H26N2O4/c1-13-15(14-8-4-2-5-9-14)12-16(24-18(19)23)17(22)20(13)10-6-3-7-11-21/h2,4-5,8-9,13,15-16,21H,3,6-7,10-12H2,1H3,(H2,19,23). The highest BCUT2D eigenvalue weighted by Gasteiger charge is 2.41. The highest BCUT2D eigenvalue weighted by Crippen LogP contribution is 2.34. The van der Waals surface area contributed by atoms with Gasteiger partial charge < -0.3 is 20.5 Å². The maximum Gasteiger partial charge on any atom is 0.405 e. The lowest BCUT2D eigenvalue weighted by Gasteiger charge is -2.42. The van der Waals surface area contributed by atoms with E-state index in [0.29, 0.717) is 13.0 Å². The van der Waals surface area contributed by atoms with E-state index in [1.54, 1.807) is 4.90 Å². The monoisotopic (exact) mass is 334 g/mol. The van der Waals surface area contributed by atoms with Crippen molar-refractivity contribution < 1.29 is 19.4 Å². The average molecular weight is 334 g/mol. The number of primary amides is 1. The zero-order valence-electron chi connectivity index (χ0n) is 14.1. The van der Waals surface area contributed by atoms with Gasteiger partial charge in [0, 0.05) is 31.5 Å². The molecule has 0 aromatic heterocycles. The number of hydrogen-bond donors (Lipinski definition) is 2. The van der Waals surface area contributed by atoms with Crippen LogP contribution in [0.25, 0.3) is 0 Å². The third-order valence-electron chi connectivity index (χ3n) is 4.64. The number of unbranched alkanes of at least 4 members (excludes halogenated alkanes) is 2. The second-order valence-electron chi connectivity index (χ2n) is 6.23. The number of likely N-dealkylation sites (tertiary alicyclic amines) is 1. The number of rotatable bonds is 7. The van der Waals surface area contributed by atoms with Crippen LogP contribution in [0.3, 0.4) is 0 Å². The van der Waals surface area contributed by atoms with Crippen LogP contribution in [0.15, 0.2) is 30.3 Å². The zero-order valence-corrected chi connectivity index (χ0v) is 14.1. The van der Waals surface area contributed by atoms with Crippen molar-refractivity contribution in [1.82, 2.24) is 4.90 Å². The van der Waals surface area contributed by atoms with Gasteiger partial charge in [-0.3, -0.25) is 4.79 Å². The Morgan fingerprint density at radius 3 is 2.62 bits per heavy atom. The maximum absolute atomic E-state index is 12.7. The number of ether oxygens (including phenoxy) is 1. The topological polar surface area (TPSA) is 92.9 Å². The Morgan fingerprint density at radius 1 is 1.29 bits per heavy atom. The summed E-state index contributed by atoms with van der Waals surface area (Å²) >= 11 is 0. The normalized spacial score (nSPS) is 24.0. The number of aliphatic hydroxyl groups is 1. The molecule has 6 nitrogen and oxygen atoms in total. The van der Waals surface area contributed by atoms with Gasteiger partial charge in [0.1, 0.15) is 0 Å². The van der Waals surface area contributed by atoms with Crippen LogP contribution in [0, 0.1) is 0 Å². The number of carbonyl (C=O) groups is 2. The first-order valence-electron chi connectivity index (χ1n) is 8.47. The predicted octanol–water partition coefficient (Wildman–Crippen LogP) is 2.02. The van der Waals surface area contributed by atoms with Gasteiger partial charge in [-0.25, -0.2) is 4.79 Å². The van der Waals surface area contributed by atoms with Crippen LogP contribution in [0.4, 0.5) is 4.79 Å². The van der Waals surface area contributed by atoms with Crippen LogP contribution in [0.2, 0.25) is 0 Å². The molecule has 3 unspecified atom stereocenters. The van der Waals surface area contributed by atoms with Crippen LogP contribution in [0.1, 0.15) is 44.1 Å². The number of aliphatic hydroxyl groups excluding tert-OH is 1. The molecule has 1 aliphatic heterocycles. The van der Waals surface area contributed by atoms with Gasteiger partial charge in [0.2, 0.25) is 0 Å². The van der Waals surface area contributed by atoms with Crippen LogP contribution < -0.4 is 5.73 Å².